The average molecular weight is 474 g/mol. The first kappa shape index (κ1) is 20.6. The molecule has 1 saturated heterocycles. The van der Waals surface area contributed by atoms with Gasteiger partial charge in [0.05, 0.1) is 6.20 Å². The maximum atomic E-state index is 12.7. The maximum absolute atomic E-state index is 12.7. The first-order chi connectivity index (χ1) is 14.4. The summed E-state index contributed by atoms with van der Waals surface area (Å²) in [6.45, 7) is 1.35. The van der Waals surface area contributed by atoms with Gasteiger partial charge in [-0.05, 0) is 49.4 Å². The average Bonchev–Trinajstić information content (AvgIpc) is 3.37. The topological polar surface area (TPSA) is 96.3 Å². The number of nitrogens with zero attached hydrogens (tertiary/aromatic N) is 3. The van der Waals surface area contributed by atoms with Gasteiger partial charge in [0, 0.05) is 42.6 Å². The van der Waals surface area contributed by atoms with Crippen molar-refractivity contribution in [3.8, 4) is 0 Å². The van der Waals surface area contributed by atoms with Crippen LogP contribution in [0.1, 0.15) is 36.0 Å². The molecule has 9 heteroatoms. The molecule has 2 fully saturated rings. The lowest BCUT2D eigenvalue weighted by molar-refractivity contribution is -0.131. The third-order valence-electron chi connectivity index (χ3n) is 5.54. The second-order valence-electron chi connectivity index (χ2n) is 7.96. The van der Waals surface area contributed by atoms with E-state index in [-0.39, 0.29) is 29.6 Å². The third kappa shape index (κ3) is 4.72. The van der Waals surface area contributed by atoms with Crippen LogP contribution in [0.25, 0.3) is 0 Å². The van der Waals surface area contributed by atoms with E-state index in [1.54, 1.807) is 19.2 Å². The summed E-state index contributed by atoms with van der Waals surface area (Å²) in [7, 11) is 1.68. The smallest absolute Gasteiger partial charge is 0.261 e. The fraction of sp³-hybridized carbons (Fsp3) is 0.429. The van der Waals surface area contributed by atoms with Crippen molar-refractivity contribution < 1.29 is 14.4 Å². The SMILES string of the molecule is Cn1ncc(C(=O)Nc2ccc(Br)cc2)c1NC(=O)CC1CCN(C(=O)C2CC2)C1. The van der Waals surface area contributed by atoms with Crippen LogP contribution in [0, 0.1) is 11.8 Å². The van der Waals surface area contributed by atoms with E-state index in [0.717, 1.165) is 30.3 Å². The van der Waals surface area contributed by atoms with Crippen LogP contribution in [0.15, 0.2) is 34.9 Å². The molecule has 8 nitrogen and oxygen atoms in total. The number of carbonyl (C=O) groups is 3. The van der Waals surface area contributed by atoms with E-state index in [1.165, 1.54) is 10.9 Å². The minimum Gasteiger partial charge on any atom is -0.342 e. The number of aromatic nitrogens is 2. The Morgan fingerprint density at radius 3 is 2.57 bits per heavy atom. The number of anilines is 2. The van der Waals surface area contributed by atoms with Gasteiger partial charge in [-0.1, -0.05) is 15.9 Å². The highest BCUT2D eigenvalue weighted by molar-refractivity contribution is 9.10. The summed E-state index contributed by atoms with van der Waals surface area (Å²) in [5.74, 6) is 0.416. The fourth-order valence-electron chi connectivity index (χ4n) is 3.72. The van der Waals surface area contributed by atoms with Crippen molar-refractivity contribution in [1.29, 1.82) is 0 Å². The van der Waals surface area contributed by atoms with Gasteiger partial charge in [-0.25, -0.2) is 0 Å². The van der Waals surface area contributed by atoms with Crippen molar-refractivity contribution >= 4 is 45.2 Å². The zero-order chi connectivity index (χ0) is 21.3. The Balaban J connectivity index is 1.35. The fourth-order valence-corrected chi connectivity index (χ4v) is 3.98. The molecule has 0 bridgehead atoms. The number of amides is 3. The number of benzene rings is 1. The van der Waals surface area contributed by atoms with Gasteiger partial charge in [-0.15, -0.1) is 0 Å². The first-order valence-corrected chi connectivity index (χ1v) is 10.9. The maximum Gasteiger partial charge on any atom is 0.261 e. The molecule has 1 unspecified atom stereocenters. The van der Waals surface area contributed by atoms with Gasteiger partial charge in [-0.3, -0.25) is 19.1 Å². The Morgan fingerprint density at radius 1 is 1.13 bits per heavy atom. The molecule has 2 N–H and O–H groups in total. The van der Waals surface area contributed by atoms with Crippen molar-refractivity contribution in [2.45, 2.75) is 25.7 Å². The predicted molar refractivity (Wildman–Crippen MR) is 116 cm³/mol. The highest BCUT2D eigenvalue weighted by atomic mass is 79.9. The monoisotopic (exact) mass is 473 g/mol. The van der Waals surface area contributed by atoms with Gasteiger partial charge in [0.1, 0.15) is 11.4 Å². The molecule has 4 rings (SSSR count). The van der Waals surface area contributed by atoms with Crippen LogP contribution in [0.2, 0.25) is 0 Å². The van der Waals surface area contributed by atoms with E-state index >= 15 is 0 Å². The number of nitrogens with one attached hydrogen (secondary N) is 2. The Morgan fingerprint density at radius 2 is 1.87 bits per heavy atom. The number of carbonyl (C=O) groups excluding carboxylic acids is 3. The summed E-state index contributed by atoms with van der Waals surface area (Å²) in [6, 6.07) is 7.23. The van der Waals surface area contributed by atoms with Gasteiger partial charge < -0.3 is 15.5 Å². The molecule has 1 aliphatic heterocycles. The summed E-state index contributed by atoms with van der Waals surface area (Å²) >= 11 is 3.36. The summed E-state index contributed by atoms with van der Waals surface area (Å²) in [5.41, 5.74) is 0.946. The van der Waals surface area contributed by atoms with Crippen LogP contribution < -0.4 is 10.6 Å². The van der Waals surface area contributed by atoms with Gasteiger partial charge in [0.15, 0.2) is 0 Å². The van der Waals surface area contributed by atoms with E-state index in [4.69, 9.17) is 0 Å². The van der Waals surface area contributed by atoms with Crippen molar-refractivity contribution in [2.75, 3.05) is 23.7 Å². The normalized spacial score (nSPS) is 18.3. The summed E-state index contributed by atoms with van der Waals surface area (Å²) in [4.78, 5) is 39.4. The first-order valence-electron chi connectivity index (χ1n) is 10.1. The molecule has 0 radical (unpaired) electrons. The van der Waals surface area contributed by atoms with E-state index in [2.05, 4.69) is 31.7 Å². The molecular weight excluding hydrogens is 450 g/mol. The molecule has 0 spiro atoms. The van der Waals surface area contributed by atoms with Crippen molar-refractivity contribution in [1.82, 2.24) is 14.7 Å². The van der Waals surface area contributed by atoms with E-state index in [1.807, 2.05) is 17.0 Å². The Labute approximate surface area is 183 Å². The standard InChI is InChI=1S/C21H24BrN5O3/c1-26-19(17(11-23-26)20(29)24-16-6-4-15(22)5-7-16)25-18(28)10-13-8-9-27(12-13)21(30)14-2-3-14/h4-7,11,13-14H,2-3,8-10,12H2,1H3,(H,24,29)(H,25,28). The minimum atomic E-state index is -0.345. The Kier molecular flexibility index (Phi) is 5.90. The number of halogens is 1. The van der Waals surface area contributed by atoms with Crippen molar-refractivity contribution in [2.24, 2.45) is 18.9 Å². The molecule has 1 aromatic heterocycles. The van der Waals surface area contributed by atoms with Crippen LogP contribution in [0.3, 0.4) is 0 Å². The molecular formula is C21H24BrN5O3. The van der Waals surface area contributed by atoms with Crippen LogP contribution in [-0.2, 0) is 16.6 Å². The highest BCUT2D eigenvalue weighted by Gasteiger charge is 2.37. The summed E-state index contributed by atoms with van der Waals surface area (Å²) in [6.07, 6.45) is 4.56. The Hall–Kier alpha value is -2.68. The van der Waals surface area contributed by atoms with E-state index in [9.17, 15) is 14.4 Å². The molecule has 1 aromatic carbocycles. The lowest BCUT2D eigenvalue weighted by Crippen LogP contribution is -2.30. The molecule has 30 heavy (non-hydrogen) atoms. The third-order valence-corrected chi connectivity index (χ3v) is 6.07. The predicted octanol–water partition coefficient (Wildman–Crippen LogP) is 3.02. The molecule has 1 saturated carbocycles. The van der Waals surface area contributed by atoms with Crippen LogP contribution >= 0.6 is 15.9 Å². The molecule has 3 amide bonds. The van der Waals surface area contributed by atoms with Crippen LogP contribution in [-0.4, -0.2) is 45.5 Å². The van der Waals surface area contributed by atoms with Crippen LogP contribution in [0.5, 0.6) is 0 Å². The van der Waals surface area contributed by atoms with Crippen molar-refractivity contribution in [3.63, 3.8) is 0 Å². The molecule has 2 heterocycles. The largest absolute Gasteiger partial charge is 0.342 e. The van der Waals surface area contributed by atoms with Gasteiger partial charge in [0.2, 0.25) is 11.8 Å². The molecule has 158 valence electrons. The van der Waals surface area contributed by atoms with Crippen molar-refractivity contribution in [3.05, 3.63) is 40.5 Å². The van der Waals surface area contributed by atoms with E-state index < -0.39 is 0 Å². The zero-order valence-electron chi connectivity index (χ0n) is 16.7. The zero-order valence-corrected chi connectivity index (χ0v) is 18.3. The second kappa shape index (κ2) is 8.59. The molecule has 1 atom stereocenters. The number of hydrogen-bond acceptors (Lipinski definition) is 4. The minimum absolute atomic E-state index is 0.140. The van der Waals surface area contributed by atoms with Gasteiger partial charge >= 0.3 is 0 Å². The summed E-state index contributed by atoms with van der Waals surface area (Å²) < 4.78 is 2.39. The van der Waals surface area contributed by atoms with Gasteiger partial charge in [0.25, 0.3) is 5.91 Å². The quantitative estimate of drug-likeness (QED) is 0.673. The lowest BCUT2D eigenvalue weighted by atomic mass is 10.0. The molecule has 1 aliphatic carbocycles. The lowest BCUT2D eigenvalue weighted by Gasteiger charge is -2.16. The number of likely N-dealkylation sites (tertiary alicyclic amines) is 1. The molecule has 2 aromatic rings. The van der Waals surface area contributed by atoms with Crippen LogP contribution in [0.4, 0.5) is 11.5 Å². The highest BCUT2D eigenvalue weighted by Crippen LogP contribution is 2.33. The number of hydrogen-bond donors (Lipinski definition) is 2. The van der Waals surface area contributed by atoms with Gasteiger partial charge in [-0.2, -0.15) is 5.10 Å². The number of aryl methyl sites for hydroxylation is 1. The second-order valence-corrected chi connectivity index (χ2v) is 8.87. The Bertz CT molecular complexity index is 968. The summed E-state index contributed by atoms with van der Waals surface area (Å²) in [5, 5.41) is 9.76. The van der Waals surface area contributed by atoms with E-state index in [0.29, 0.717) is 30.0 Å². The molecule has 2 aliphatic rings. The number of rotatable bonds is 6.